The van der Waals surface area contributed by atoms with Crippen molar-refractivity contribution in [1.29, 1.82) is 0 Å². The van der Waals surface area contributed by atoms with Crippen LogP contribution in [0.25, 0.3) is 0 Å². The quantitative estimate of drug-likeness (QED) is 0.611. The Kier molecular flexibility index (Phi) is 6.29. The number of hydrogen-bond acceptors (Lipinski definition) is 3. The number of aliphatic hydroxyl groups is 2. The molecule has 0 aromatic rings. The fraction of sp³-hybridized carbons (Fsp3) is 1.00. The molecule has 0 atom stereocenters. The number of likely N-dealkylation sites (N-methyl/N-ethyl adjacent to an activating group) is 1. The van der Waals surface area contributed by atoms with Gasteiger partial charge in [0.1, 0.15) is 0 Å². The lowest BCUT2D eigenvalue weighted by Crippen LogP contribution is -2.47. The summed E-state index contributed by atoms with van der Waals surface area (Å²) in [5.74, 6) is 0. The van der Waals surface area contributed by atoms with Crippen molar-refractivity contribution in [3.8, 4) is 0 Å². The highest BCUT2D eigenvalue weighted by Crippen LogP contribution is 2.07. The van der Waals surface area contributed by atoms with Crippen molar-refractivity contribution in [3.05, 3.63) is 0 Å². The van der Waals surface area contributed by atoms with Crippen molar-refractivity contribution in [2.24, 2.45) is 0 Å². The lowest BCUT2D eigenvalue weighted by Gasteiger charge is -2.32. The van der Waals surface area contributed by atoms with Crippen LogP contribution in [-0.4, -0.2) is 48.0 Å². The molecule has 0 saturated carbocycles. The molecule has 0 radical (unpaired) electrons. The van der Waals surface area contributed by atoms with Crippen LogP contribution in [0.2, 0.25) is 0 Å². The van der Waals surface area contributed by atoms with Crippen LogP contribution in [-0.2, 0) is 0 Å². The Labute approximate surface area is 68.1 Å². The second-order valence-corrected chi connectivity index (χ2v) is 2.71. The standard InChI is InChI=1S/C6H15NO2.ClH/c1-6(4-8,5-9)7(2)3;/h8-9H,4-5H2,1-3H3;1H. The molecule has 0 saturated heterocycles. The zero-order valence-electron chi connectivity index (χ0n) is 6.66. The van der Waals surface area contributed by atoms with Gasteiger partial charge < -0.3 is 10.2 Å². The van der Waals surface area contributed by atoms with E-state index < -0.39 is 5.54 Å². The van der Waals surface area contributed by atoms with Crippen molar-refractivity contribution in [2.45, 2.75) is 12.5 Å². The molecule has 0 fully saturated rings. The van der Waals surface area contributed by atoms with Crippen molar-refractivity contribution in [2.75, 3.05) is 27.3 Å². The topological polar surface area (TPSA) is 43.7 Å². The minimum Gasteiger partial charge on any atom is -0.394 e. The molecule has 0 aromatic heterocycles. The molecule has 0 aliphatic carbocycles. The molecule has 10 heavy (non-hydrogen) atoms. The average molecular weight is 170 g/mol. The Balaban J connectivity index is 0. The summed E-state index contributed by atoms with van der Waals surface area (Å²) in [5, 5.41) is 17.5. The van der Waals surface area contributed by atoms with E-state index in [1.165, 1.54) is 0 Å². The van der Waals surface area contributed by atoms with Crippen LogP contribution >= 0.6 is 12.4 Å². The number of aliphatic hydroxyl groups excluding tert-OH is 2. The van der Waals surface area contributed by atoms with E-state index in [0.29, 0.717) is 0 Å². The highest BCUT2D eigenvalue weighted by atomic mass is 35.5. The van der Waals surface area contributed by atoms with Crippen LogP contribution in [0.5, 0.6) is 0 Å². The van der Waals surface area contributed by atoms with E-state index in [-0.39, 0.29) is 25.6 Å². The number of hydrogen-bond donors (Lipinski definition) is 2. The number of halogens is 1. The van der Waals surface area contributed by atoms with E-state index in [0.717, 1.165) is 0 Å². The van der Waals surface area contributed by atoms with Gasteiger partial charge in [0, 0.05) is 0 Å². The first-order valence-corrected chi connectivity index (χ1v) is 2.96. The molecular formula is C6H16ClNO2. The summed E-state index contributed by atoms with van der Waals surface area (Å²) in [7, 11) is 3.65. The predicted molar refractivity (Wildman–Crippen MR) is 43.5 cm³/mol. The number of nitrogens with zero attached hydrogens (tertiary/aromatic N) is 1. The SMILES string of the molecule is CN(C)C(C)(CO)CO.Cl. The summed E-state index contributed by atoms with van der Waals surface area (Å²) in [6.07, 6.45) is 0. The minimum absolute atomic E-state index is 0. The van der Waals surface area contributed by atoms with Gasteiger partial charge in [-0.15, -0.1) is 12.4 Å². The van der Waals surface area contributed by atoms with Gasteiger partial charge in [-0.05, 0) is 21.0 Å². The van der Waals surface area contributed by atoms with Crippen molar-refractivity contribution in [3.63, 3.8) is 0 Å². The van der Waals surface area contributed by atoms with Crippen LogP contribution in [0.3, 0.4) is 0 Å². The molecule has 64 valence electrons. The fourth-order valence-electron chi connectivity index (χ4n) is 0.333. The van der Waals surface area contributed by atoms with Gasteiger partial charge >= 0.3 is 0 Å². The average Bonchev–Trinajstić information content (AvgIpc) is 1.86. The minimum atomic E-state index is -0.472. The Hall–Kier alpha value is 0.170. The first kappa shape index (κ1) is 12.8. The monoisotopic (exact) mass is 169 g/mol. The first-order chi connectivity index (χ1) is 4.06. The zero-order chi connectivity index (χ0) is 7.49. The molecule has 0 aliphatic heterocycles. The van der Waals surface area contributed by atoms with Crippen LogP contribution in [0.15, 0.2) is 0 Å². The molecule has 0 rings (SSSR count). The summed E-state index contributed by atoms with van der Waals surface area (Å²) in [6.45, 7) is 1.76. The van der Waals surface area contributed by atoms with E-state index in [9.17, 15) is 0 Å². The van der Waals surface area contributed by atoms with Gasteiger partial charge in [-0.25, -0.2) is 0 Å². The van der Waals surface area contributed by atoms with Gasteiger partial charge in [0.05, 0.1) is 18.8 Å². The Bertz CT molecular complexity index is 83.8. The van der Waals surface area contributed by atoms with Gasteiger partial charge in [0.2, 0.25) is 0 Å². The van der Waals surface area contributed by atoms with Gasteiger partial charge in [-0.1, -0.05) is 0 Å². The maximum absolute atomic E-state index is 8.75. The van der Waals surface area contributed by atoms with E-state index in [1.807, 2.05) is 14.1 Å². The summed E-state index contributed by atoms with van der Waals surface area (Å²) in [4.78, 5) is 1.80. The smallest absolute Gasteiger partial charge is 0.0639 e. The van der Waals surface area contributed by atoms with Crippen LogP contribution in [0.1, 0.15) is 6.92 Å². The maximum atomic E-state index is 8.75. The van der Waals surface area contributed by atoms with Crippen LogP contribution < -0.4 is 0 Å². The second-order valence-electron chi connectivity index (χ2n) is 2.71. The first-order valence-electron chi connectivity index (χ1n) is 2.96. The molecule has 2 N–H and O–H groups in total. The maximum Gasteiger partial charge on any atom is 0.0639 e. The van der Waals surface area contributed by atoms with E-state index >= 15 is 0 Å². The predicted octanol–water partition coefficient (Wildman–Crippen LogP) is -0.287. The highest BCUT2D eigenvalue weighted by molar-refractivity contribution is 5.85. The molecule has 0 amide bonds. The molecule has 4 heteroatoms. The zero-order valence-corrected chi connectivity index (χ0v) is 7.48. The summed E-state index contributed by atoms with van der Waals surface area (Å²) < 4.78 is 0. The molecule has 0 unspecified atom stereocenters. The van der Waals surface area contributed by atoms with Gasteiger partial charge in [-0.2, -0.15) is 0 Å². The molecule has 0 bridgehead atoms. The van der Waals surface area contributed by atoms with E-state index in [2.05, 4.69) is 0 Å². The third-order valence-electron chi connectivity index (χ3n) is 1.76. The summed E-state index contributed by atoms with van der Waals surface area (Å²) in [6, 6.07) is 0. The summed E-state index contributed by atoms with van der Waals surface area (Å²) >= 11 is 0. The molecular weight excluding hydrogens is 154 g/mol. The molecule has 3 nitrogen and oxygen atoms in total. The third kappa shape index (κ3) is 2.84. The van der Waals surface area contributed by atoms with Gasteiger partial charge in [0.15, 0.2) is 0 Å². The van der Waals surface area contributed by atoms with E-state index in [4.69, 9.17) is 10.2 Å². The van der Waals surface area contributed by atoms with Crippen molar-refractivity contribution < 1.29 is 10.2 Å². The highest BCUT2D eigenvalue weighted by Gasteiger charge is 2.24. The lowest BCUT2D eigenvalue weighted by molar-refractivity contribution is 0.0309. The number of rotatable bonds is 3. The lowest BCUT2D eigenvalue weighted by atomic mass is 10.0. The fourth-order valence-corrected chi connectivity index (χ4v) is 0.333. The molecule has 0 heterocycles. The Morgan fingerprint density at radius 2 is 1.50 bits per heavy atom. The Morgan fingerprint density at radius 3 is 1.50 bits per heavy atom. The molecule has 0 aliphatic rings. The van der Waals surface area contributed by atoms with Crippen molar-refractivity contribution >= 4 is 12.4 Å². The summed E-state index contributed by atoms with van der Waals surface area (Å²) in [5.41, 5.74) is -0.472. The normalized spacial score (nSPS) is 11.4. The molecule has 0 aromatic carbocycles. The molecule has 0 spiro atoms. The van der Waals surface area contributed by atoms with Crippen molar-refractivity contribution in [1.82, 2.24) is 4.90 Å². The van der Waals surface area contributed by atoms with Gasteiger partial charge in [0.25, 0.3) is 0 Å². The second kappa shape index (κ2) is 4.91. The third-order valence-corrected chi connectivity index (χ3v) is 1.76. The largest absolute Gasteiger partial charge is 0.394 e. The van der Waals surface area contributed by atoms with E-state index in [1.54, 1.807) is 11.8 Å². The van der Waals surface area contributed by atoms with Crippen LogP contribution in [0.4, 0.5) is 0 Å². The Morgan fingerprint density at radius 1 is 1.20 bits per heavy atom. The van der Waals surface area contributed by atoms with Gasteiger partial charge in [-0.3, -0.25) is 4.90 Å². The van der Waals surface area contributed by atoms with Crippen LogP contribution in [0, 0.1) is 0 Å².